The number of aliphatic hydroxyl groups is 1. The Morgan fingerprint density at radius 1 is 1.11 bits per heavy atom. The van der Waals surface area contributed by atoms with E-state index in [-0.39, 0.29) is 12.2 Å². The molecular weight excluding hydrogens is 250 g/mol. The lowest BCUT2D eigenvalue weighted by molar-refractivity contribution is 0.198. The number of benzene rings is 2. The Bertz CT molecular complexity index is 548. The molecule has 0 radical (unpaired) electrons. The predicted molar refractivity (Wildman–Crippen MR) is 67.8 cm³/mol. The summed E-state index contributed by atoms with van der Waals surface area (Å²) in [6, 6.07) is 10.5. The molecule has 2 aromatic rings. The first-order valence-corrected chi connectivity index (χ1v) is 5.91. The van der Waals surface area contributed by atoms with Crippen molar-refractivity contribution in [2.45, 2.75) is 19.6 Å². The Balaban J connectivity index is 2.12. The zero-order valence-corrected chi connectivity index (χ0v) is 10.4. The highest BCUT2D eigenvalue weighted by Crippen LogP contribution is 2.21. The van der Waals surface area contributed by atoms with Gasteiger partial charge in [-0.1, -0.05) is 18.2 Å². The van der Waals surface area contributed by atoms with Crippen LogP contribution < -0.4 is 4.74 Å². The normalized spacial score (nSPS) is 12.2. The molecule has 0 fully saturated rings. The first-order chi connectivity index (χ1) is 9.08. The molecule has 0 saturated carbocycles. The van der Waals surface area contributed by atoms with Crippen LogP contribution in [0.4, 0.5) is 8.78 Å². The van der Waals surface area contributed by atoms with Crippen LogP contribution in [0.15, 0.2) is 42.5 Å². The molecule has 1 atom stereocenters. The summed E-state index contributed by atoms with van der Waals surface area (Å²) in [5.74, 6) is -0.806. The molecule has 0 aliphatic carbocycles. The van der Waals surface area contributed by atoms with Crippen molar-refractivity contribution < 1.29 is 18.6 Å². The summed E-state index contributed by atoms with van der Waals surface area (Å²) >= 11 is 0. The van der Waals surface area contributed by atoms with Crippen LogP contribution in [0.3, 0.4) is 0 Å². The van der Waals surface area contributed by atoms with E-state index in [0.29, 0.717) is 11.3 Å². The number of hydrogen-bond acceptors (Lipinski definition) is 2. The molecule has 2 rings (SSSR count). The third-order valence-corrected chi connectivity index (χ3v) is 2.79. The summed E-state index contributed by atoms with van der Waals surface area (Å²) in [7, 11) is 0. The first-order valence-electron chi connectivity index (χ1n) is 5.91. The second-order valence-electron chi connectivity index (χ2n) is 4.24. The summed E-state index contributed by atoms with van der Waals surface area (Å²) in [4.78, 5) is 0. The molecule has 4 heteroatoms. The molecule has 0 amide bonds. The Kier molecular flexibility index (Phi) is 4.12. The number of ether oxygens (including phenoxy) is 1. The van der Waals surface area contributed by atoms with Crippen LogP contribution >= 0.6 is 0 Å². The highest BCUT2D eigenvalue weighted by molar-refractivity contribution is 5.30. The second-order valence-corrected chi connectivity index (χ2v) is 4.24. The second kappa shape index (κ2) is 5.80. The third kappa shape index (κ3) is 3.29. The fourth-order valence-electron chi connectivity index (χ4n) is 1.69. The van der Waals surface area contributed by atoms with Crippen molar-refractivity contribution in [1.82, 2.24) is 0 Å². The van der Waals surface area contributed by atoms with Gasteiger partial charge in [0.25, 0.3) is 0 Å². The quantitative estimate of drug-likeness (QED) is 0.914. The minimum Gasteiger partial charge on any atom is -0.489 e. The van der Waals surface area contributed by atoms with E-state index < -0.39 is 17.7 Å². The van der Waals surface area contributed by atoms with Gasteiger partial charge in [0.2, 0.25) is 0 Å². The van der Waals surface area contributed by atoms with Crippen molar-refractivity contribution in [3.8, 4) is 5.75 Å². The van der Waals surface area contributed by atoms with Gasteiger partial charge in [0.05, 0.1) is 11.7 Å². The summed E-state index contributed by atoms with van der Waals surface area (Å²) in [5, 5.41) is 9.45. The maximum absolute atomic E-state index is 13.4. The van der Waals surface area contributed by atoms with E-state index >= 15 is 0 Å². The molecule has 0 aliphatic rings. The molecule has 0 aliphatic heterocycles. The van der Waals surface area contributed by atoms with Crippen LogP contribution in [-0.2, 0) is 6.61 Å². The number of rotatable bonds is 4. The zero-order chi connectivity index (χ0) is 13.8. The van der Waals surface area contributed by atoms with Gasteiger partial charge in [0.1, 0.15) is 24.0 Å². The van der Waals surface area contributed by atoms with E-state index in [4.69, 9.17) is 4.74 Å². The third-order valence-electron chi connectivity index (χ3n) is 2.79. The van der Waals surface area contributed by atoms with Gasteiger partial charge in [0, 0.05) is 0 Å². The van der Waals surface area contributed by atoms with Gasteiger partial charge in [-0.25, -0.2) is 8.78 Å². The number of hydrogen-bond donors (Lipinski definition) is 1. The fraction of sp³-hybridized carbons (Fsp3) is 0.200. The van der Waals surface area contributed by atoms with E-state index in [1.807, 2.05) is 0 Å². The van der Waals surface area contributed by atoms with Gasteiger partial charge >= 0.3 is 0 Å². The maximum Gasteiger partial charge on any atom is 0.132 e. The highest BCUT2D eigenvalue weighted by Gasteiger charge is 2.09. The molecule has 0 unspecified atom stereocenters. The smallest absolute Gasteiger partial charge is 0.132 e. The van der Waals surface area contributed by atoms with Gasteiger partial charge < -0.3 is 9.84 Å². The summed E-state index contributed by atoms with van der Waals surface area (Å²) in [6.45, 7) is 1.44. The van der Waals surface area contributed by atoms with Crippen molar-refractivity contribution in [3.63, 3.8) is 0 Å². The van der Waals surface area contributed by atoms with Gasteiger partial charge in [-0.15, -0.1) is 0 Å². The molecular formula is C15H14F2O2. The first kappa shape index (κ1) is 13.5. The number of aliphatic hydroxyl groups excluding tert-OH is 1. The van der Waals surface area contributed by atoms with Crippen LogP contribution in [0.2, 0.25) is 0 Å². The standard InChI is InChI=1S/C15H14F2O2/c1-10(18)11-4-2-5-12(8-11)19-9-13-14(16)6-3-7-15(13)17/h2-8,10,18H,9H2,1H3/t10-/m1/s1. The average molecular weight is 264 g/mol. The molecule has 0 saturated heterocycles. The molecule has 2 nitrogen and oxygen atoms in total. The summed E-state index contributed by atoms with van der Waals surface area (Å²) < 4.78 is 32.2. The monoisotopic (exact) mass is 264 g/mol. The molecule has 100 valence electrons. The predicted octanol–water partition coefficient (Wildman–Crippen LogP) is 3.60. The van der Waals surface area contributed by atoms with Gasteiger partial charge in [-0.3, -0.25) is 0 Å². The molecule has 0 aromatic heterocycles. The minimum absolute atomic E-state index is 0.107. The summed E-state index contributed by atoms with van der Waals surface area (Å²) in [6.07, 6.45) is -0.617. The summed E-state index contributed by atoms with van der Waals surface area (Å²) in [5.41, 5.74) is 0.580. The van der Waals surface area contributed by atoms with Gasteiger partial charge in [0.15, 0.2) is 0 Å². The Labute approximate surface area is 110 Å². The van der Waals surface area contributed by atoms with Crippen LogP contribution in [0.1, 0.15) is 24.2 Å². The van der Waals surface area contributed by atoms with E-state index in [1.54, 1.807) is 31.2 Å². The molecule has 2 aromatic carbocycles. The molecule has 1 N–H and O–H groups in total. The Morgan fingerprint density at radius 3 is 2.37 bits per heavy atom. The van der Waals surface area contributed by atoms with Crippen molar-refractivity contribution in [2.75, 3.05) is 0 Å². The molecule has 0 bridgehead atoms. The van der Waals surface area contributed by atoms with Crippen molar-refractivity contribution in [1.29, 1.82) is 0 Å². The van der Waals surface area contributed by atoms with Crippen molar-refractivity contribution >= 4 is 0 Å². The van der Waals surface area contributed by atoms with Gasteiger partial charge in [-0.2, -0.15) is 0 Å². The van der Waals surface area contributed by atoms with Crippen LogP contribution in [0, 0.1) is 11.6 Å². The van der Waals surface area contributed by atoms with E-state index in [0.717, 1.165) is 0 Å². The molecule has 19 heavy (non-hydrogen) atoms. The zero-order valence-electron chi connectivity index (χ0n) is 10.4. The topological polar surface area (TPSA) is 29.5 Å². The molecule has 0 spiro atoms. The lowest BCUT2D eigenvalue weighted by Gasteiger charge is -2.10. The average Bonchev–Trinajstić information content (AvgIpc) is 2.38. The van der Waals surface area contributed by atoms with E-state index in [2.05, 4.69) is 0 Å². The van der Waals surface area contributed by atoms with Crippen molar-refractivity contribution in [3.05, 3.63) is 65.2 Å². The van der Waals surface area contributed by atoms with Crippen LogP contribution in [0.25, 0.3) is 0 Å². The minimum atomic E-state index is -0.633. The van der Waals surface area contributed by atoms with Crippen LogP contribution in [0.5, 0.6) is 5.75 Å². The largest absolute Gasteiger partial charge is 0.489 e. The van der Waals surface area contributed by atoms with Gasteiger partial charge in [-0.05, 0) is 36.8 Å². The lowest BCUT2D eigenvalue weighted by atomic mass is 10.1. The lowest BCUT2D eigenvalue weighted by Crippen LogP contribution is -2.02. The highest BCUT2D eigenvalue weighted by atomic mass is 19.1. The Hall–Kier alpha value is -1.94. The van der Waals surface area contributed by atoms with Crippen LogP contribution in [-0.4, -0.2) is 5.11 Å². The fourth-order valence-corrected chi connectivity index (χ4v) is 1.69. The van der Waals surface area contributed by atoms with E-state index in [1.165, 1.54) is 18.2 Å². The Morgan fingerprint density at radius 2 is 1.74 bits per heavy atom. The SMILES string of the molecule is C[C@@H](O)c1cccc(OCc2c(F)cccc2F)c1. The molecule has 0 heterocycles. The van der Waals surface area contributed by atoms with E-state index in [9.17, 15) is 13.9 Å². The van der Waals surface area contributed by atoms with Crippen molar-refractivity contribution in [2.24, 2.45) is 0 Å². The maximum atomic E-state index is 13.4. The number of halogens is 2.